The summed E-state index contributed by atoms with van der Waals surface area (Å²) in [6.07, 6.45) is 21.5. The fourth-order valence-corrected chi connectivity index (χ4v) is 2.95. The van der Waals surface area contributed by atoms with Crippen molar-refractivity contribution in [2.75, 3.05) is 26.4 Å². The molecule has 0 aliphatic rings. The van der Waals surface area contributed by atoms with E-state index in [1.807, 2.05) is 6.07 Å². The summed E-state index contributed by atoms with van der Waals surface area (Å²) < 4.78 is 10.9. The molecule has 1 aromatic rings. The fourth-order valence-electron chi connectivity index (χ4n) is 2.95. The first-order valence-corrected chi connectivity index (χ1v) is 11.1. The predicted octanol–water partition coefficient (Wildman–Crippen LogP) is 6.26. The third-order valence-electron chi connectivity index (χ3n) is 4.55. The van der Waals surface area contributed by atoms with Gasteiger partial charge in [-0.2, -0.15) is 0 Å². The molecule has 0 saturated carbocycles. The summed E-state index contributed by atoms with van der Waals surface area (Å²) in [6, 6.07) is 8.34. The van der Waals surface area contributed by atoms with Crippen molar-refractivity contribution in [1.29, 1.82) is 0 Å². The minimum Gasteiger partial charge on any atom is -0.491 e. The van der Waals surface area contributed by atoms with Gasteiger partial charge in [-0.3, -0.25) is 0 Å². The van der Waals surface area contributed by atoms with E-state index in [0.717, 1.165) is 18.6 Å². The van der Waals surface area contributed by atoms with E-state index in [4.69, 9.17) is 14.6 Å². The molecule has 0 bridgehead atoms. The van der Waals surface area contributed by atoms with Gasteiger partial charge in [0.15, 0.2) is 0 Å². The molecular formula is C25H40O3. The normalized spacial score (nSPS) is 11.6. The van der Waals surface area contributed by atoms with Crippen LogP contribution in [0.15, 0.2) is 48.6 Å². The highest BCUT2D eigenvalue weighted by molar-refractivity contribution is 5.28. The van der Waals surface area contributed by atoms with Gasteiger partial charge in [0.05, 0.1) is 19.8 Å². The zero-order valence-electron chi connectivity index (χ0n) is 17.8. The Bertz CT molecular complexity index is 522. The van der Waals surface area contributed by atoms with E-state index in [9.17, 15) is 0 Å². The SMILES string of the molecule is CCCC/C=C/C/C=C/CCCCCCc1cccc(OCCOCCO)c1. The Morgan fingerprint density at radius 3 is 2.43 bits per heavy atom. The molecule has 0 heterocycles. The Morgan fingerprint density at radius 2 is 1.64 bits per heavy atom. The molecule has 1 rings (SSSR count). The number of ether oxygens (including phenoxy) is 2. The van der Waals surface area contributed by atoms with E-state index in [2.05, 4.69) is 49.4 Å². The summed E-state index contributed by atoms with van der Waals surface area (Å²) in [5.41, 5.74) is 1.34. The Kier molecular flexibility index (Phi) is 16.4. The molecule has 1 N–H and O–H groups in total. The van der Waals surface area contributed by atoms with Crippen molar-refractivity contribution in [1.82, 2.24) is 0 Å². The van der Waals surface area contributed by atoms with Crippen molar-refractivity contribution in [3.8, 4) is 5.75 Å². The first-order chi connectivity index (χ1) is 13.9. The van der Waals surface area contributed by atoms with Crippen LogP contribution in [-0.4, -0.2) is 31.5 Å². The Hall–Kier alpha value is -1.58. The van der Waals surface area contributed by atoms with Gasteiger partial charge in [-0.15, -0.1) is 0 Å². The third-order valence-corrected chi connectivity index (χ3v) is 4.55. The van der Waals surface area contributed by atoms with Gasteiger partial charge in [-0.1, -0.05) is 69.0 Å². The van der Waals surface area contributed by atoms with Gasteiger partial charge in [0, 0.05) is 0 Å². The number of allylic oxidation sites excluding steroid dienone is 4. The third kappa shape index (κ3) is 14.5. The highest BCUT2D eigenvalue weighted by atomic mass is 16.5. The second-order valence-corrected chi connectivity index (χ2v) is 7.11. The summed E-state index contributed by atoms with van der Waals surface area (Å²) in [6.45, 7) is 3.69. The number of hydrogen-bond donors (Lipinski definition) is 1. The van der Waals surface area contributed by atoms with Crippen LogP contribution in [0.3, 0.4) is 0 Å². The molecule has 0 radical (unpaired) electrons. The summed E-state index contributed by atoms with van der Waals surface area (Å²) in [7, 11) is 0. The van der Waals surface area contributed by atoms with Crippen LogP contribution in [-0.2, 0) is 11.2 Å². The lowest BCUT2D eigenvalue weighted by molar-refractivity contribution is 0.0705. The summed E-state index contributed by atoms with van der Waals surface area (Å²) in [5, 5.41) is 8.67. The molecule has 158 valence electrons. The maximum absolute atomic E-state index is 8.67. The van der Waals surface area contributed by atoms with Crippen LogP contribution in [0.2, 0.25) is 0 Å². The largest absolute Gasteiger partial charge is 0.491 e. The van der Waals surface area contributed by atoms with Gasteiger partial charge < -0.3 is 14.6 Å². The predicted molar refractivity (Wildman–Crippen MR) is 119 cm³/mol. The van der Waals surface area contributed by atoms with Crippen LogP contribution in [0, 0.1) is 0 Å². The van der Waals surface area contributed by atoms with E-state index in [-0.39, 0.29) is 6.61 Å². The smallest absolute Gasteiger partial charge is 0.119 e. The van der Waals surface area contributed by atoms with Gasteiger partial charge in [0.25, 0.3) is 0 Å². The minimum absolute atomic E-state index is 0.0578. The van der Waals surface area contributed by atoms with Crippen LogP contribution >= 0.6 is 0 Å². The zero-order valence-corrected chi connectivity index (χ0v) is 17.8. The average molecular weight is 389 g/mol. The Morgan fingerprint density at radius 1 is 0.857 bits per heavy atom. The number of benzene rings is 1. The molecule has 0 unspecified atom stereocenters. The molecule has 0 amide bonds. The minimum atomic E-state index is 0.0578. The zero-order chi connectivity index (χ0) is 20.1. The van der Waals surface area contributed by atoms with E-state index in [1.54, 1.807) is 0 Å². The lowest BCUT2D eigenvalue weighted by Gasteiger charge is -2.08. The topological polar surface area (TPSA) is 38.7 Å². The van der Waals surface area contributed by atoms with Crippen molar-refractivity contribution < 1.29 is 14.6 Å². The van der Waals surface area contributed by atoms with Gasteiger partial charge in [0.1, 0.15) is 12.4 Å². The highest BCUT2D eigenvalue weighted by Gasteiger charge is 1.98. The number of aliphatic hydroxyl groups excluding tert-OH is 1. The first kappa shape index (κ1) is 24.5. The number of aryl methyl sites for hydroxylation is 1. The molecule has 0 aliphatic heterocycles. The quantitative estimate of drug-likeness (QED) is 0.238. The van der Waals surface area contributed by atoms with Crippen LogP contribution in [0.4, 0.5) is 0 Å². The van der Waals surface area contributed by atoms with Gasteiger partial charge in [-0.05, 0) is 56.2 Å². The monoisotopic (exact) mass is 388 g/mol. The standard InChI is InChI=1S/C25H40O3/c1-2-3-4-5-6-7-8-9-10-11-12-13-14-16-24-17-15-18-25(23-24)28-22-21-27-20-19-26/h5-6,8-9,15,17-18,23,26H,2-4,7,10-14,16,19-22H2,1H3/b6-5+,9-8+. The Balaban J connectivity index is 2.02. The van der Waals surface area contributed by atoms with E-state index in [0.29, 0.717) is 19.8 Å². The maximum Gasteiger partial charge on any atom is 0.119 e. The van der Waals surface area contributed by atoms with E-state index >= 15 is 0 Å². The molecule has 0 spiro atoms. The van der Waals surface area contributed by atoms with Crippen LogP contribution in [0.25, 0.3) is 0 Å². The molecule has 0 saturated heterocycles. The van der Waals surface area contributed by atoms with E-state index < -0.39 is 0 Å². The molecule has 3 nitrogen and oxygen atoms in total. The molecule has 1 aromatic carbocycles. The van der Waals surface area contributed by atoms with Crippen molar-refractivity contribution in [3.63, 3.8) is 0 Å². The molecule has 0 aromatic heterocycles. The lowest BCUT2D eigenvalue weighted by atomic mass is 10.1. The first-order valence-electron chi connectivity index (χ1n) is 11.1. The summed E-state index contributed by atoms with van der Waals surface area (Å²) in [4.78, 5) is 0. The fraction of sp³-hybridized carbons (Fsp3) is 0.600. The van der Waals surface area contributed by atoms with Gasteiger partial charge in [-0.25, -0.2) is 0 Å². The molecule has 28 heavy (non-hydrogen) atoms. The number of hydrogen-bond acceptors (Lipinski definition) is 3. The van der Waals surface area contributed by atoms with Gasteiger partial charge in [0.2, 0.25) is 0 Å². The van der Waals surface area contributed by atoms with Crippen molar-refractivity contribution in [3.05, 3.63) is 54.1 Å². The van der Waals surface area contributed by atoms with Crippen LogP contribution in [0.1, 0.15) is 70.3 Å². The van der Waals surface area contributed by atoms with Crippen LogP contribution < -0.4 is 4.74 Å². The number of unbranched alkanes of at least 4 members (excludes halogenated alkanes) is 6. The number of aliphatic hydroxyl groups is 1. The molecule has 0 aliphatic carbocycles. The molecule has 0 atom stereocenters. The molecule has 0 fully saturated rings. The highest BCUT2D eigenvalue weighted by Crippen LogP contribution is 2.16. The lowest BCUT2D eigenvalue weighted by Crippen LogP contribution is -2.09. The molecular weight excluding hydrogens is 348 g/mol. The van der Waals surface area contributed by atoms with Crippen LogP contribution in [0.5, 0.6) is 5.75 Å². The van der Waals surface area contributed by atoms with Crippen molar-refractivity contribution >= 4 is 0 Å². The summed E-state index contributed by atoms with van der Waals surface area (Å²) in [5.74, 6) is 0.902. The number of rotatable bonds is 18. The van der Waals surface area contributed by atoms with E-state index in [1.165, 1.54) is 56.9 Å². The Labute approximate surface area is 172 Å². The van der Waals surface area contributed by atoms with Gasteiger partial charge >= 0.3 is 0 Å². The second-order valence-electron chi connectivity index (χ2n) is 7.11. The average Bonchev–Trinajstić information content (AvgIpc) is 2.71. The molecule has 3 heteroatoms. The van der Waals surface area contributed by atoms with Crippen molar-refractivity contribution in [2.45, 2.75) is 71.1 Å². The maximum atomic E-state index is 8.67. The second kappa shape index (κ2) is 18.8. The summed E-state index contributed by atoms with van der Waals surface area (Å²) >= 11 is 0. The van der Waals surface area contributed by atoms with Crippen molar-refractivity contribution in [2.24, 2.45) is 0 Å².